The molecular formula is C16H12FNO2. The third kappa shape index (κ3) is 3.66. The fraction of sp³-hybridized carbons (Fsp3) is 0.125. The topological polar surface area (TPSA) is 50.1 Å². The quantitative estimate of drug-likeness (QED) is 0.802. The highest BCUT2D eigenvalue weighted by molar-refractivity contribution is 5.72. The van der Waals surface area contributed by atoms with Gasteiger partial charge in [-0.05, 0) is 29.3 Å². The Hall–Kier alpha value is -2.67. The zero-order valence-corrected chi connectivity index (χ0v) is 10.7. The van der Waals surface area contributed by atoms with Crippen LogP contribution in [0.1, 0.15) is 16.7 Å². The fourth-order valence-electron chi connectivity index (χ4n) is 1.69. The fourth-order valence-corrected chi connectivity index (χ4v) is 1.69. The predicted octanol–water partition coefficient (Wildman–Crippen LogP) is 2.98. The van der Waals surface area contributed by atoms with Crippen LogP contribution in [0.15, 0.2) is 48.5 Å². The predicted molar refractivity (Wildman–Crippen MR) is 71.1 cm³/mol. The second-order valence-corrected chi connectivity index (χ2v) is 4.24. The van der Waals surface area contributed by atoms with Crippen molar-refractivity contribution in [2.24, 2.45) is 0 Å². The number of nitriles is 1. The van der Waals surface area contributed by atoms with Gasteiger partial charge in [0.15, 0.2) is 0 Å². The summed E-state index contributed by atoms with van der Waals surface area (Å²) in [5.41, 5.74) is 1.65. The Bertz CT molecular complexity index is 644. The Morgan fingerprint density at radius 2 is 1.85 bits per heavy atom. The van der Waals surface area contributed by atoms with Crippen LogP contribution in [0.25, 0.3) is 0 Å². The average molecular weight is 269 g/mol. The molecular weight excluding hydrogens is 257 g/mol. The van der Waals surface area contributed by atoms with Crippen molar-refractivity contribution in [1.82, 2.24) is 0 Å². The third-order valence-electron chi connectivity index (χ3n) is 2.78. The molecule has 2 aromatic carbocycles. The van der Waals surface area contributed by atoms with E-state index >= 15 is 0 Å². The van der Waals surface area contributed by atoms with Gasteiger partial charge in [0, 0.05) is 0 Å². The Balaban J connectivity index is 1.89. The van der Waals surface area contributed by atoms with Gasteiger partial charge < -0.3 is 4.74 Å². The van der Waals surface area contributed by atoms with E-state index in [0.29, 0.717) is 11.1 Å². The van der Waals surface area contributed by atoms with Crippen LogP contribution in [0.5, 0.6) is 0 Å². The van der Waals surface area contributed by atoms with Gasteiger partial charge in [0.25, 0.3) is 0 Å². The molecule has 0 saturated heterocycles. The maximum absolute atomic E-state index is 13.4. The maximum atomic E-state index is 13.4. The number of rotatable bonds is 4. The molecule has 2 aromatic rings. The number of hydrogen-bond acceptors (Lipinski definition) is 3. The van der Waals surface area contributed by atoms with Crippen LogP contribution >= 0.6 is 0 Å². The van der Waals surface area contributed by atoms with E-state index in [1.165, 1.54) is 6.07 Å². The molecule has 0 aliphatic heterocycles. The lowest BCUT2D eigenvalue weighted by molar-refractivity contribution is -0.144. The van der Waals surface area contributed by atoms with Crippen molar-refractivity contribution in [3.63, 3.8) is 0 Å². The summed E-state index contributed by atoms with van der Waals surface area (Å²) in [5.74, 6) is -0.901. The lowest BCUT2D eigenvalue weighted by Crippen LogP contribution is -2.09. The average Bonchev–Trinajstić information content (AvgIpc) is 2.48. The van der Waals surface area contributed by atoms with Crippen LogP contribution in [-0.4, -0.2) is 5.97 Å². The highest BCUT2D eigenvalue weighted by Gasteiger charge is 2.08. The minimum Gasteiger partial charge on any atom is -0.461 e. The van der Waals surface area contributed by atoms with E-state index < -0.39 is 11.8 Å². The summed E-state index contributed by atoms with van der Waals surface area (Å²) < 4.78 is 18.4. The largest absolute Gasteiger partial charge is 0.461 e. The molecule has 0 aliphatic rings. The number of carbonyl (C=O) groups excluding carboxylic acids is 1. The van der Waals surface area contributed by atoms with Gasteiger partial charge in [-0.15, -0.1) is 0 Å². The molecule has 0 bridgehead atoms. The summed E-state index contributed by atoms with van der Waals surface area (Å²) in [6.45, 7) is 0.110. The van der Waals surface area contributed by atoms with Gasteiger partial charge in [-0.3, -0.25) is 4.79 Å². The molecule has 0 amide bonds. The van der Waals surface area contributed by atoms with E-state index in [0.717, 1.165) is 5.56 Å². The number of ether oxygens (including phenoxy) is 1. The van der Waals surface area contributed by atoms with Gasteiger partial charge in [-0.1, -0.05) is 30.3 Å². The maximum Gasteiger partial charge on any atom is 0.310 e. The van der Waals surface area contributed by atoms with Crippen LogP contribution in [0.3, 0.4) is 0 Å². The molecule has 0 heterocycles. The second-order valence-electron chi connectivity index (χ2n) is 4.24. The molecule has 0 atom stereocenters. The number of carbonyl (C=O) groups is 1. The van der Waals surface area contributed by atoms with Crippen molar-refractivity contribution in [2.75, 3.05) is 0 Å². The molecule has 4 heteroatoms. The van der Waals surface area contributed by atoms with Crippen molar-refractivity contribution in [3.05, 3.63) is 71.0 Å². The monoisotopic (exact) mass is 269 g/mol. The van der Waals surface area contributed by atoms with Gasteiger partial charge in [-0.25, -0.2) is 4.39 Å². The first-order chi connectivity index (χ1) is 9.69. The first-order valence-corrected chi connectivity index (χ1v) is 6.07. The molecule has 0 radical (unpaired) electrons. The number of halogens is 1. The molecule has 20 heavy (non-hydrogen) atoms. The Morgan fingerprint density at radius 1 is 1.15 bits per heavy atom. The molecule has 3 nitrogen and oxygen atoms in total. The van der Waals surface area contributed by atoms with Crippen LogP contribution in [0, 0.1) is 17.1 Å². The van der Waals surface area contributed by atoms with Gasteiger partial charge in [-0.2, -0.15) is 5.26 Å². The molecule has 0 spiro atoms. The van der Waals surface area contributed by atoms with Crippen LogP contribution in [0.2, 0.25) is 0 Å². The van der Waals surface area contributed by atoms with Gasteiger partial charge in [0.2, 0.25) is 0 Å². The number of hydrogen-bond donors (Lipinski definition) is 0. The molecule has 0 aliphatic carbocycles. The van der Waals surface area contributed by atoms with Gasteiger partial charge >= 0.3 is 5.97 Å². The first-order valence-electron chi connectivity index (χ1n) is 6.07. The van der Waals surface area contributed by atoms with E-state index in [1.807, 2.05) is 6.07 Å². The number of nitrogens with zero attached hydrogens (tertiary/aromatic N) is 1. The molecule has 0 unspecified atom stereocenters. The van der Waals surface area contributed by atoms with Crippen molar-refractivity contribution in [3.8, 4) is 6.07 Å². The smallest absolute Gasteiger partial charge is 0.310 e. The summed E-state index contributed by atoms with van der Waals surface area (Å²) >= 11 is 0. The molecule has 0 N–H and O–H groups in total. The zero-order chi connectivity index (χ0) is 14.4. The van der Waals surface area contributed by atoms with Gasteiger partial charge in [0.1, 0.15) is 12.4 Å². The van der Waals surface area contributed by atoms with Crippen LogP contribution in [0.4, 0.5) is 4.39 Å². The van der Waals surface area contributed by atoms with Crippen molar-refractivity contribution in [2.45, 2.75) is 13.0 Å². The summed E-state index contributed by atoms with van der Waals surface area (Å²) in [6, 6.07) is 14.9. The van der Waals surface area contributed by atoms with Crippen molar-refractivity contribution < 1.29 is 13.9 Å². The minimum absolute atomic E-state index is 0.0943. The standard InChI is InChI=1S/C16H12FNO2/c17-15-4-2-1-3-14(15)9-16(19)20-11-13-7-5-12(10-18)6-8-13/h1-8H,9,11H2. The normalized spacial score (nSPS) is 9.80. The van der Waals surface area contributed by atoms with Crippen molar-refractivity contribution >= 4 is 5.97 Å². The Labute approximate surface area is 116 Å². The lowest BCUT2D eigenvalue weighted by atomic mass is 10.1. The minimum atomic E-state index is -0.487. The zero-order valence-electron chi connectivity index (χ0n) is 10.7. The lowest BCUT2D eigenvalue weighted by Gasteiger charge is -2.06. The summed E-state index contributed by atoms with van der Waals surface area (Å²) in [7, 11) is 0. The third-order valence-corrected chi connectivity index (χ3v) is 2.78. The first kappa shape index (κ1) is 13.8. The van der Waals surface area contributed by atoms with E-state index in [2.05, 4.69) is 0 Å². The highest BCUT2D eigenvalue weighted by atomic mass is 19.1. The van der Waals surface area contributed by atoms with E-state index in [4.69, 9.17) is 10.00 Å². The molecule has 0 aromatic heterocycles. The molecule has 100 valence electrons. The summed E-state index contributed by atoms with van der Waals surface area (Å²) in [5, 5.41) is 8.67. The summed E-state index contributed by atoms with van der Waals surface area (Å²) in [6.07, 6.45) is -0.0943. The van der Waals surface area contributed by atoms with Gasteiger partial charge in [0.05, 0.1) is 18.1 Å². The highest BCUT2D eigenvalue weighted by Crippen LogP contribution is 2.09. The number of benzene rings is 2. The van der Waals surface area contributed by atoms with E-state index in [9.17, 15) is 9.18 Å². The SMILES string of the molecule is N#Cc1ccc(COC(=O)Cc2ccccc2F)cc1. The van der Waals surface area contributed by atoms with E-state index in [-0.39, 0.29) is 13.0 Å². The molecule has 0 saturated carbocycles. The number of esters is 1. The Morgan fingerprint density at radius 3 is 2.50 bits per heavy atom. The summed E-state index contributed by atoms with van der Waals surface area (Å²) in [4.78, 5) is 11.6. The van der Waals surface area contributed by atoms with Crippen LogP contribution in [-0.2, 0) is 22.6 Å². The molecule has 2 rings (SSSR count). The Kier molecular flexibility index (Phi) is 4.46. The molecule has 0 fully saturated rings. The van der Waals surface area contributed by atoms with Crippen LogP contribution < -0.4 is 0 Å². The van der Waals surface area contributed by atoms with Crippen molar-refractivity contribution in [1.29, 1.82) is 5.26 Å². The second kappa shape index (κ2) is 6.48. The van der Waals surface area contributed by atoms with E-state index in [1.54, 1.807) is 42.5 Å².